The predicted octanol–water partition coefficient (Wildman–Crippen LogP) is 8.24. The minimum absolute atomic E-state index is 0.797. The van der Waals surface area contributed by atoms with Gasteiger partial charge < -0.3 is 4.57 Å². The van der Waals surface area contributed by atoms with Crippen LogP contribution in [0.3, 0.4) is 0 Å². The first-order valence-electron chi connectivity index (χ1n) is 10.2. The van der Waals surface area contributed by atoms with Gasteiger partial charge >= 0.3 is 0 Å². The zero-order chi connectivity index (χ0) is 19.8. The molecule has 1 heterocycles. The Morgan fingerprint density at radius 3 is 2.13 bits per heavy atom. The lowest BCUT2D eigenvalue weighted by molar-refractivity contribution is 1.18. The molecule has 6 aromatic rings. The second kappa shape index (κ2) is 5.75. The highest BCUT2D eigenvalue weighted by Crippen LogP contribution is 2.51. The number of para-hydroxylation sites is 1. The summed E-state index contributed by atoms with van der Waals surface area (Å²) in [6.07, 6.45) is 0. The van der Waals surface area contributed by atoms with Gasteiger partial charge in [-0.05, 0) is 57.8 Å². The second-order valence-corrected chi connectivity index (χ2v) is 8.30. The highest BCUT2D eigenvalue weighted by Gasteiger charge is 2.25. The van der Waals surface area contributed by atoms with E-state index in [9.17, 15) is 0 Å². The van der Waals surface area contributed by atoms with Crippen molar-refractivity contribution < 1.29 is 0 Å². The van der Waals surface area contributed by atoms with Gasteiger partial charge in [0.15, 0.2) is 0 Å². The first-order valence-corrected chi connectivity index (χ1v) is 10.5. The van der Waals surface area contributed by atoms with E-state index in [1.54, 1.807) is 0 Å². The molecule has 0 spiro atoms. The van der Waals surface area contributed by atoms with Crippen LogP contribution in [0.2, 0.25) is 5.02 Å². The van der Waals surface area contributed by atoms with Crippen LogP contribution in [-0.2, 0) is 0 Å². The molecule has 7 rings (SSSR count). The smallest absolute Gasteiger partial charge is 0.0547 e. The van der Waals surface area contributed by atoms with Crippen molar-refractivity contribution in [3.05, 3.63) is 102 Å². The van der Waals surface area contributed by atoms with Gasteiger partial charge in [0.1, 0.15) is 0 Å². The van der Waals surface area contributed by atoms with Crippen molar-refractivity contribution in [1.29, 1.82) is 0 Å². The third-order valence-electron chi connectivity index (χ3n) is 6.39. The Morgan fingerprint density at radius 1 is 0.500 bits per heavy atom. The molecule has 5 aromatic carbocycles. The van der Waals surface area contributed by atoms with E-state index in [2.05, 4.69) is 95.6 Å². The van der Waals surface area contributed by atoms with Crippen LogP contribution >= 0.6 is 11.6 Å². The Kier molecular flexibility index (Phi) is 3.12. The summed E-state index contributed by atoms with van der Waals surface area (Å²) in [6.45, 7) is 0. The van der Waals surface area contributed by atoms with Gasteiger partial charge in [0, 0.05) is 27.0 Å². The fourth-order valence-corrected chi connectivity index (χ4v) is 5.51. The molecule has 30 heavy (non-hydrogen) atoms. The predicted molar refractivity (Wildman–Crippen MR) is 128 cm³/mol. The van der Waals surface area contributed by atoms with Crippen molar-refractivity contribution in [3.8, 4) is 27.9 Å². The zero-order valence-corrected chi connectivity index (χ0v) is 16.8. The average molecular weight is 402 g/mol. The molecule has 0 fully saturated rings. The van der Waals surface area contributed by atoms with E-state index in [1.165, 1.54) is 55.0 Å². The van der Waals surface area contributed by atoms with Crippen LogP contribution in [0.15, 0.2) is 97.1 Å². The molecular formula is C28H16ClN. The SMILES string of the molecule is Clc1cccc2c1-c1cccc3c1c1c4c-2cccc4ccc1n3-c1ccccc1. The van der Waals surface area contributed by atoms with Crippen molar-refractivity contribution in [3.63, 3.8) is 0 Å². The molecule has 0 aliphatic heterocycles. The summed E-state index contributed by atoms with van der Waals surface area (Å²) in [5, 5.41) is 5.95. The van der Waals surface area contributed by atoms with Crippen LogP contribution in [0.5, 0.6) is 0 Å². The second-order valence-electron chi connectivity index (χ2n) is 7.90. The number of nitrogens with zero attached hydrogens (tertiary/aromatic N) is 1. The molecule has 0 bridgehead atoms. The van der Waals surface area contributed by atoms with Crippen molar-refractivity contribution in [2.75, 3.05) is 0 Å². The molecule has 0 atom stereocenters. The van der Waals surface area contributed by atoms with Crippen LogP contribution in [0, 0.1) is 0 Å². The van der Waals surface area contributed by atoms with Crippen LogP contribution in [0.4, 0.5) is 0 Å². The molecule has 0 saturated heterocycles. The van der Waals surface area contributed by atoms with E-state index >= 15 is 0 Å². The lowest BCUT2D eigenvalue weighted by Gasteiger charge is -2.14. The van der Waals surface area contributed by atoms with Gasteiger partial charge in [-0.2, -0.15) is 0 Å². The highest BCUT2D eigenvalue weighted by atomic mass is 35.5. The third kappa shape index (κ3) is 1.93. The summed E-state index contributed by atoms with van der Waals surface area (Å²) in [5.74, 6) is 0. The monoisotopic (exact) mass is 401 g/mol. The van der Waals surface area contributed by atoms with Crippen molar-refractivity contribution in [2.45, 2.75) is 0 Å². The molecule has 1 aromatic heterocycles. The summed E-state index contributed by atoms with van der Waals surface area (Å²) in [6, 6.07) is 34.6. The lowest BCUT2D eigenvalue weighted by atomic mass is 9.93. The first kappa shape index (κ1) is 16.3. The Hall–Kier alpha value is -3.55. The van der Waals surface area contributed by atoms with Crippen molar-refractivity contribution in [2.24, 2.45) is 0 Å². The number of rotatable bonds is 1. The topological polar surface area (TPSA) is 4.93 Å². The number of fused-ring (bicyclic) bond motifs is 3. The van der Waals surface area contributed by atoms with E-state index in [0.717, 1.165) is 10.6 Å². The van der Waals surface area contributed by atoms with E-state index < -0.39 is 0 Å². The van der Waals surface area contributed by atoms with Gasteiger partial charge in [-0.1, -0.05) is 78.3 Å². The number of benzene rings is 5. The van der Waals surface area contributed by atoms with Gasteiger partial charge in [-0.15, -0.1) is 0 Å². The van der Waals surface area contributed by atoms with Gasteiger partial charge in [-0.3, -0.25) is 0 Å². The third-order valence-corrected chi connectivity index (χ3v) is 6.70. The highest BCUT2D eigenvalue weighted by molar-refractivity contribution is 6.37. The zero-order valence-electron chi connectivity index (χ0n) is 16.1. The Balaban J connectivity index is 1.85. The number of halogens is 1. The largest absolute Gasteiger partial charge is 0.309 e. The average Bonchev–Trinajstić information content (AvgIpc) is 3.07. The fourth-order valence-electron chi connectivity index (χ4n) is 5.24. The summed E-state index contributed by atoms with van der Waals surface area (Å²) < 4.78 is 2.38. The molecule has 0 saturated carbocycles. The molecule has 0 radical (unpaired) electrons. The molecule has 2 heteroatoms. The molecule has 140 valence electrons. The quantitative estimate of drug-likeness (QED) is 0.261. The van der Waals surface area contributed by atoms with Crippen LogP contribution in [0.25, 0.3) is 60.5 Å². The van der Waals surface area contributed by atoms with Crippen LogP contribution in [0.1, 0.15) is 0 Å². The number of hydrogen-bond donors (Lipinski definition) is 0. The number of aromatic nitrogens is 1. The Labute approximate surface area is 178 Å². The van der Waals surface area contributed by atoms with Gasteiger partial charge in [0.05, 0.1) is 11.0 Å². The maximum Gasteiger partial charge on any atom is 0.0547 e. The van der Waals surface area contributed by atoms with Gasteiger partial charge in [0.25, 0.3) is 0 Å². The van der Waals surface area contributed by atoms with Crippen LogP contribution in [-0.4, -0.2) is 4.57 Å². The Morgan fingerprint density at radius 2 is 1.23 bits per heavy atom. The minimum Gasteiger partial charge on any atom is -0.309 e. The normalized spacial score (nSPS) is 12.2. The minimum atomic E-state index is 0.797. The van der Waals surface area contributed by atoms with Gasteiger partial charge in [0.2, 0.25) is 0 Å². The maximum absolute atomic E-state index is 6.83. The molecule has 1 aliphatic carbocycles. The van der Waals surface area contributed by atoms with E-state index in [1.807, 2.05) is 6.07 Å². The Bertz CT molecular complexity index is 1640. The van der Waals surface area contributed by atoms with E-state index in [-0.39, 0.29) is 0 Å². The number of hydrogen-bond acceptors (Lipinski definition) is 0. The van der Waals surface area contributed by atoms with E-state index in [0.29, 0.717) is 0 Å². The van der Waals surface area contributed by atoms with Crippen molar-refractivity contribution >= 4 is 44.2 Å². The molecule has 1 nitrogen and oxygen atoms in total. The summed E-state index contributed by atoms with van der Waals surface area (Å²) in [4.78, 5) is 0. The summed E-state index contributed by atoms with van der Waals surface area (Å²) in [7, 11) is 0. The van der Waals surface area contributed by atoms with Crippen LogP contribution < -0.4 is 0 Å². The molecular weight excluding hydrogens is 386 g/mol. The summed E-state index contributed by atoms with van der Waals surface area (Å²) >= 11 is 6.83. The maximum atomic E-state index is 6.83. The molecule has 1 aliphatic rings. The first-order chi connectivity index (χ1) is 14.8. The fraction of sp³-hybridized carbons (Fsp3) is 0. The molecule has 0 N–H and O–H groups in total. The van der Waals surface area contributed by atoms with E-state index in [4.69, 9.17) is 11.6 Å². The summed E-state index contributed by atoms with van der Waals surface area (Å²) in [5.41, 5.74) is 8.40. The standard InChI is InChI=1S/C28H16ClN/c29-22-13-5-11-20-19-10-4-7-17-15-16-24-28(25(17)19)27-21(26(20)22)12-6-14-23(27)30(24)18-8-2-1-3-9-18/h1-16H. The molecule has 0 unspecified atom stereocenters. The molecule has 0 amide bonds. The lowest BCUT2D eigenvalue weighted by Crippen LogP contribution is -1.94. The van der Waals surface area contributed by atoms with Gasteiger partial charge in [-0.25, -0.2) is 0 Å². The van der Waals surface area contributed by atoms with Crippen molar-refractivity contribution in [1.82, 2.24) is 4.57 Å².